The molecule has 41 heavy (non-hydrogen) atoms. The summed E-state index contributed by atoms with van der Waals surface area (Å²) in [5, 5.41) is 16.7. The number of allylic oxidation sites excluding steroid dienone is 1. The van der Waals surface area contributed by atoms with Crippen molar-refractivity contribution in [1.82, 2.24) is 19.8 Å². The number of aliphatic hydroxyl groups excluding tert-OH is 1. The van der Waals surface area contributed by atoms with E-state index in [4.69, 9.17) is 10.7 Å². The van der Waals surface area contributed by atoms with E-state index in [1.54, 1.807) is 0 Å². The second-order valence-corrected chi connectivity index (χ2v) is 12.1. The normalized spacial score (nSPS) is 22.9. The number of hydrogen-bond acceptors (Lipinski definition) is 9. The van der Waals surface area contributed by atoms with Gasteiger partial charge < -0.3 is 31.3 Å². The maximum Gasteiger partial charge on any atom is 0.271 e. The Morgan fingerprint density at radius 1 is 0.976 bits per heavy atom. The Bertz CT molecular complexity index is 1240. The fraction of sp³-hybridized carbons (Fsp3) is 0.581. The Kier molecular flexibility index (Phi) is 9.11. The van der Waals surface area contributed by atoms with Gasteiger partial charge >= 0.3 is 0 Å². The highest BCUT2D eigenvalue weighted by molar-refractivity contribution is 5.97. The van der Waals surface area contributed by atoms with Crippen molar-refractivity contribution in [3.63, 3.8) is 0 Å². The number of anilines is 4. The van der Waals surface area contributed by atoms with Crippen molar-refractivity contribution in [1.29, 1.82) is 0 Å². The molecule has 0 atom stereocenters. The maximum absolute atomic E-state index is 12.4. The first-order valence-electron chi connectivity index (χ1n) is 15.1. The number of aliphatic hydroxyl groups is 1. The SMILES string of the molecule is C=C(C)c1nc(C(N)=O)c(Nc2ccc(N3CCC(N4CCN(C)CC4)CC3)c(C)c2)nc1NC1CCC(O)CC1. The van der Waals surface area contributed by atoms with Crippen LogP contribution in [0.15, 0.2) is 24.8 Å². The minimum Gasteiger partial charge on any atom is -0.393 e. The molecule has 10 nitrogen and oxygen atoms in total. The minimum absolute atomic E-state index is 0.0836. The van der Waals surface area contributed by atoms with Crippen molar-refractivity contribution in [3.05, 3.63) is 41.7 Å². The van der Waals surface area contributed by atoms with Crippen LogP contribution in [0, 0.1) is 6.92 Å². The molecule has 10 heteroatoms. The first-order valence-corrected chi connectivity index (χ1v) is 15.1. The lowest BCUT2D eigenvalue weighted by atomic mass is 9.93. The van der Waals surface area contributed by atoms with E-state index >= 15 is 0 Å². The fourth-order valence-electron chi connectivity index (χ4n) is 6.39. The van der Waals surface area contributed by atoms with Gasteiger partial charge in [-0.2, -0.15) is 0 Å². The molecule has 2 saturated heterocycles. The van der Waals surface area contributed by atoms with E-state index in [9.17, 15) is 9.90 Å². The molecule has 2 aromatic rings. The Morgan fingerprint density at radius 3 is 2.27 bits per heavy atom. The van der Waals surface area contributed by atoms with Gasteiger partial charge in [0.2, 0.25) is 0 Å². The molecule has 2 aliphatic heterocycles. The number of nitrogens with two attached hydrogens (primary N) is 1. The first kappa shape index (κ1) is 29.3. The van der Waals surface area contributed by atoms with Crippen LogP contribution in [0.1, 0.15) is 67.2 Å². The number of hydrogen-bond donors (Lipinski definition) is 4. The van der Waals surface area contributed by atoms with Crippen LogP contribution in [-0.4, -0.2) is 95.3 Å². The summed E-state index contributed by atoms with van der Waals surface area (Å²) in [6, 6.07) is 7.12. The maximum atomic E-state index is 12.4. The van der Waals surface area contributed by atoms with E-state index in [0.29, 0.717) is 28.9 Å². The lowest BCUT2D eigenvalue weighted by Gasteiger charge is -2.43. The zero-order valence-electron chi connectivity index (χ0n) is 24.8. The van der Waals surface area contributed by atoms with Gasteiger partial charge in [0.05, 0.1) is 6.10 Å². The van der Waals surface area contributed by atoms with Gasteiger partial charge in [0.1, 0.15) is 5.69 Å². The van der Waals surface area contributed by atoms with Crippen molar-refractivity contribution in [2.24, 2.45) is 5.73 Å². The Morgan fingerprint density at radius 2 is 1.66 bits per heavy atom. The Labute approximate surface area is 244 Å². The zero-order chi connectivity index (χ0) is 29.1. The van der Waals surface area contributed by atoms with Gasteiger partial charge in [-0.25, -0.2) is 9.97 Å². The number of carbonyl (C=O) groups is 1. The number of rotatable bonds is 8. The van der Waals surface area contributed by atoms with Gasteiger partial charge in [-0.1, -0.05) is 6.58 Å². The summed E-state index contributed by atoms with van der Waals surface area (Å²) in [6.07, 6.45) is 5.30. The standard InChI is InChI=1S/C31H46N8O2/c1-20(2)27-30(33-22-5-8-25(40)9-6-22)36-31(28(35-27)29(32)41)34-23-7-10-26(21(3)19-23)39-13-11-24(12-14-39)38-17-15-37(4)16-18-38/h7,10,19,22,24-25,40H,1,5-6,8-9,11-18H2,2-4H3,(H2,32,41)(H2,33,34,36). The van der Waals surface area contributed by atoms with Gasteiger partial charge in [-0.15, -0.1) is 0 Å². The van der Waals surface area contributed by atoms with Crippen LogP contribution in [-0.2, 0) is 0 Å². The molecule has 3 fully saturated rings. The molecule has 222 valence electrons. The van der Waals surface area contributed by atoms with E-state index in [2.05, 4.69) is 63.0 Å². The average molecular weight is 563 g/mol. The van der Waals surface area contributed by atoms with Crippen molar-refractivity contribution < 1.29 is 9.90 Å². The lowest BCUT2D eigenvalue weighted by molar-refractivity contribution is 0.0982. The molecule has 1 saturated carbocycles. The third-order valence-corrected chi connectivity index (χ3v) is 8.89. The number of aromatic nitrogens is 2. The van der Waals surface area contributed by atoms with Gasteiger partial charge in [0.15, 0.2) is 17.3 Å². The number of benzene rings is 1. The molecular weight excluding hydrogens is 516 g/mol. The van der Waals surface area contributed by atoms with Crippen molar-refractivity contribution in [2.45, 2.75) is 70.6 Å². The van der Waals surface area contributed by atoms with Crippen molar-refractivity contribution in [3.8, 4) is 0 Å². The van der Waals surface area contributed by atoms with E-state index in [-0.39, 0.29) is 17.8 Å². The number of nitrogens with zero attached hydrogens (tertiary/aromatic N) is 5. The zero-order valence-corrected chi connectivity index (χ0v) is 24.8. The van der Waals surface area contributed by atoms with Crippen LogP contribution < -0.4 is 21.3 Å². The highest BCUT2D eigenvalue weighted by Crippen LogP contribution is 2.32. The Balaban J connectivity index is 1.30. The summed E-state index contributed by atoms with van der Waals surface area (Å²) in [5.41, 5.74) is 10.3. The number of piperazine rings is 1. The van der Waals surface area contributed by atoms with E-state index in [0.717, 1.165) is 57.5 Å². The van der Waals surface area contributed by atoms with Crippen LogP contribution in [0.2, 0.25) is 0 Å². The van der Waals surface area contributed by atoms with E-state index < -0.39 is 5.91 Å². The first-order chi connectivity index (χ1) is 19.7. The largest absolute Gasteiger partial charge is 0.393 e. The molecule has 3 aliphatic rings. The molecular formula is C31H46N8O2. The molecule has 1 aliphatic carbocycles. The van der Waals surface area contributed by atoms with Crippen LogP contribution in [0.3, 0.4) is 0 Å². The summed E-state index contributed by atoms with van der Waals surface area (Å²) in [7, 11) is 2.21. The number of piperidine rings is 1. The monoisotopic (exact) mass is 562 g/mol. The Hall–Kier alpha value is -3.21. The van der Waals surface area contributed by atoms with Crippen molar-refractivity contribution in [2.75, 3.05) is 61.8 Å². The number of amides is 1. The summed E-state index contributed by atoms with van der Waals surface area (Å²) in [4.78, 5) is 29.4. The van der Waals surface area contributed by atoms with Crippen molar-refractivity contribution >= 4 is 34.5 Å². The highest BCUT2D eigenvalue weighted by Gasteiger charge is 2.28. The number of likely N-dealkylation sites (N-methyl/N-ethyl adjacent to an activating group) is 1. The molecule has 1 aromatic carbocycles. The molecule has 1 aromatic heterocycles. The van der Waals surface area contributed by atoms with Gasteiger partial charge in [0.25, 0.3) is 5.91 Å². The van der Waals surface area contributed by atoms with Crippen LogP contribution in [0.25, 0.3) is 5.57 Å². The van der Waals surface area contributed by atoms with E-state index in [1.807, 2.05) is 13.0 Å². The minimum atomic E-state index is -0.647. The third-order valence-electron chi connectivity index (χ3n) is 8.89. The van der Waals surface area contributed by atoms with Crippen LogP contribution in [0.5, 0.6) is 0 Å². The number of carbonyl (C=O) groups excluding carboxylic acids is 1. The lowest BCUT2D eigenvalue weighted by Crippen LogP contribution is -2.52. The summed E-state index contributed by atoms with van der Waals surface area (Å²) < 4.78 is 0. The number of nitrogens with one attached hydrogen (secondary N) is 2. The molecule has 0 radical (unpaired) electrons. The predicted molar refractivity (Wildman–Crippen MR) is 166 cm³/mol. The molecule has 5 rings (SSSR count). The highest BCUT2D eigenvalue weighted by atomic mass is 16.3. The quantitative estimate of drug-likeness (QED) is 0.382. The smallest absolute Gasteiger partial charge is 0.271 e. The molecule has 3 heterocycles. The van der Waals surface area contributed by atoms with Gasteiger partial charge in [-0.3, -0.25) is 9.69 Å². The van der Waals surface area contributed by atoms with Crippen LogP contribution in [0.4, 0.5) is 23.0 Å². The number of primary amides is 1. The fourth-order valence-corrected chi connectivity index (χ4v) is 6.39. The molecule has 0 spiro atoms. The van der Waals surface area contributed by atoms with E-state index in [1.165, 1.54) is 37.2 Å². The van der Waals surface area contributed by atoms with Gasteiger partial charge in [-0.05, 0) is 88.8 Å². The van der Waals surface area contributed by atoms with Crippen LogP contribution >= 0.6 is 0 Å². The van der Waals surface area contributed by atoms with Gasteiger partial charge in [0, 0.05) is 62.7 Å². The topological polar surface area (TPSA) is 123 Å². The molecule has 0 bridgehead atoms. The average Bonchev–Trinajstić information content (AvgIpc) is 2.95. The summed E-state index contributed by atoms with van der Waals surface area (Å²) in [6.45, 7) is 14.8. The second-order valence-electron chi connectivity index (χ2n) is 12.1. The number of aryl methyl sites for hydroxylation is 1. The summed E-state index contributed by atoms with van der Waals surface area (Å²) >= 11 is 0. The third kappa shape index (κ3) is 6.99. The molecule has 5 N–H and O–H groups in total. The molecule has 0 unspecified atom stereocenters. The second kappa shape index (κ2) is 12.8. The molecule has 1 amide bonds. The summed E-state index contributed by atoms with van der Waals surface area (Å²) in [5.74, 6) is 0.246. The predicted octanol–water partition coefficient (Wildman–Crippen LogP) is 3.59.